The van der Waals surface area contributed by atoms with E-state index in [4.69, 9.17) is 10.5 Å². The monoisotopic (exact) mass is 380 g/mol. The van der Waals surface area contributed by atoms with Crippen LogP contribution in [0.5, 0.6) is 5.75 Å². The Morgan fingerprint density at radius 1 is 1.15 bits per heavy atom. The van der Waals surface area contributed by atoms with Gasteiger partial charge in [-0.05, 0) is 54.9 Å². The van der Waals surface area contributed by atoms with E-state index >= 15 is 0 Å². The van der Waals surface area contributed by atoms with Gasteiger partial charge in [0.15, 0.2) is 0 Å². The van der Waals surface area contributed by atoms with Crippen LogP contribution in [0.25, 0.3) is 0 Å². The molecule has 1 saturated heterocycles. The number of hydrogen-bond donors (Lipinski definition) is 1. The van der Waals surface area contributed by atoms with Crippen molar-refractivity contribution in [3.63, 3.8) is 0 Å². The van der Waals surface area contributed by atoms with Crippen LogP contribution < -0.4 is 10.5 Å². The predicted octanol–water partition coefficient (Wildman–Crippen LogP) is 4.27. The Morgan fingerprint density at radius 2 is 1.81 bits per heavy atom. The van der Waals surface area contributed by atoms with Crippen LogP contribution in [0.2, 0.25) is 0 Å². The number of carbonyl (C=O) groups is 1. The quantitative estimate of drug-likeness (QED) is 0.848. The molecule has 2 N–H and O–H groups in total. The summed E-state index contributed by atoms with van der Waals surface area (Å²) in [6.07, 6.45) is 7.45. The number of carbonyl (C=O) groups excluding carboxylic acids is 1. The first-order valence-corrected chi connectivity index (χ1v) is 9.73. The maximum atomic E-state index is 12.8. The van der Waals surface area contributed by atoms with Crippen molar-refractivity contribution in [2.45, 2.75) is 58.4 Å². The van der Waals surface area contributed by atoms with Gasteiger partial charge < -0.3 is 15.4 Å². The molecule has 1 aromatic rings. The average Bonchev–Trinajstić information content (AvgIpc) is 2.63. The molecule has 1 unspecified atom stereocenters. The average molecular weight is 381 g/mol. The van der Waals surface area contributed by atoms with Crippen molar-refractivity contribution in [1.29, 1.82) is 0 Å². The lowest BCUT2D eigenvalue weighted by Crippen LogP contribution is -2.53. The molecule has 0 spiro atoms. The van der Waals surface area contributed by atoms with E-state index in [2.05, 4.69) is 13.8 Å². The van der Waals surface area contributed by atoms with E-state index in [1.807, 2.05) is 29.2 Å². The summed E-state index contributed by atoms with van der Waals surface area (Å²) in [6, 6.07) is 7.79. The molecule has 3 rings (SSSR count). The highest BCUT2D eigenvalue weighted by Crippen LogP contribution is 2.29. The Bertz CT molecular complexity index is 582. The number of piperidine rings is 1. The third-order valence-electron chi connectivity index (χ3n) is 5.91. The number of rotatable bonds is 4. The maximum Gasteiger partial charge on any atom is 0.253 e. The molecular formula is C21H33ClN2O2. The summed E-state index contributed by atoms with van der Waals surface area (Å²) in [7, 11) is 0. The summed E-state index contributed by atoms with van der Waals surface area (Å²) in [6.45, 7) is 6.53. The third kappa shape index (κ3) is 5.14. The summed E-state index contributed by atoms with van der Waals surface area (Å²) in [5.74, 6) is 1.65. The number of halogens is 1. The van der Waals surface area contributed by atoms with Gasteiger partial charge in [0, 0.05) is 24.7 Å². The highest BCUT2D eigenvalue weighted by atomic mass is 35.5. The van der Waals surface area contributed by atoms with Crippen LogP contribution in [0.1, 0.15) is 62.7 Å². The summed E-state index contributed by atoms with van der Waals surface area (Å²) < 4.78 is 5.93. The van der Waals surface area contributed by atoms with Crippen molar-refractivity contribution < 1.29 is 9.53 Å². The molecule has 1 amide bonds. The lowest BCUT2D eigenvalue weighted by atomic mass is 9.79. The van der Waals surface area contributed by atoms with Crippen molar-refractivity contribution in [2.24, 2.45) is 17.1 Å². The fourth-order valence-electron chi connectivity index (χ4n) is 3.99. The Balaban J connectivity index is 0.00000243. The smallest absolute Gasteiger partial charge is 0.253 e. The Labute approximate surface area is 163 Å². The SMILES string of the molecule is CC1(C)CN(C(=O)c2ccc(OCC3CCCCC3)cc2)CCC1N.Cl. The van der Waals surface area contributed by atoms with Gasteiger partial charge in [0.25, 0.3) is 5.91 Å². The largest absolute Gasteiger partial charge is 0.493 e. The van der Waals surface area contributed by atoms with Crippen LogP contribution in [0.4, 0.5) is 0 Å². The molecule has 1 aliphatic carbocycles. The van der Waals surface area contributed by atoms with E-state index < -0.39 is 0 Å². The molecular weight excluding hydrogens is 348 g/mol. The summed E-state index contributed by atoms with van der Waals surface area (Å²) >= 11 is 0. The minimum Gasteiger partial charge on any atom is -0.493 e. The van der Waals surface area contributed by atoms with Crippen LogP contribution in [0, 0.1) is 11.3 Å². The van der Waals surface area contributed by atoms with Crippen LogP contribution >= 0.6 is 12.4 Å². The minimum atomic E-state index is -0.0308. The van der Waals surface area contributed by atoms with Gasteiger partial charge in [-0.3, -0.25) is 4.79 Å². The summed E-state index contributed by atoms with van der Waals surface area (Å²) in [4.78, 5) is 14.7. The van der Waals surface area contributed by atoms with Crippen LogP contribution in [-0.4, -0.2) is 36.5 Å². The van der Waals surface area contributed by atoms with Gasteiger partial charge in [-0.25, -0.2) is 0 Å². The second-order valence-corrected chi connectivity index (χ2v) is 8.45. The topological polar surface area (TPSA) is 55.6 Å². The lowest BCUT2D eigenvalue weighted by molar-refractivity contribution is 0.0533. The fraction of sp³-hybridized carbons (Fsp3) is 0.667. The number of ether oxygens (including phenoxy) is 1. The van der Waals surface area contributed by atoms with Gasteiger partial charge in [0.1, 0.15) is 5.75 Å². The first kappa shape index (κ1) is 21.0. The van der Waals surface area contributed by atoms with E-state index in [1.54, 1.807) is 0 Å². The number of nitrogens with two attached hydrogens (primary N) is 1. The third-order valence-corrected chi connectivity index (χ3v) is 5.91. The zero-order valence-electron chi connectivity index (χ0n) is 16.1. The molecule has 0 radical (unpaired) electrons. The Hall–Kier alpha value is -1.26. The van der Waals surface area contributed by atoms with E-state index in [-0.39, 0.29) is 29.8 Å². The molecule has 5 heteroatoms. The van der Waals surface area contributed by atoms with Crippen molar-refractivity contribution >= 4 is 18.3 Å². The molecule has 2 fully saturated rings. The van der Waals surface area contributed by atoms with Crippen molar-refractivity contribution in [1.82, 2.24) is 4.90 Å². The van der Waals surface area contributed by atoms with Gasteiger partial charge >= 0.3 is 0 Å². The zero-order valence-corrected chi connectivity index (χ0v) is 16.9. The maximum absolute atomic E-state index is 12.8. The number of nitrogens with zero attached hydrogens (tertiary/aromatic N) is 1. The highest BCUT2D eigenvalue weighted by Gasteiger charge is 2.35. The summed E-state index contributed by atoms with van der Waals surface area (Å²) in [5.41, 5.74) is 6.88. The molecule has 1 aromatic carbocycles. The standard InChI is InChI=1S/C21H32N2O2.ClH/c1-21(2)15-23(13-12-19(21)22)20(24)17-8-10-18(11-9-17)25-14-16-6-4-3-5-7-16;/h8-11,16,19H,3-7,12-15,22H2,1-2H3;1H. The predicted molar refractivity (Wildman–Crippen MR) is 108 cm³/mol. The van der Waals surface area contributed by atoms with Gasteiger partial charge in [-0.15, -0.1) is 12.4 Å². The van der Waals surface area contributed by atoms with Gasteiger partial charge in [0.2, 0.25) is 0 Å². The normalized spacial score (nSPS) is 23.2. The van der Waals surface area contributed by atoms with Gasteiger partial charge in [-0.2, -0.15) is 0 Å². The minimum absolute atomic E-state index is 0. The van der Waals surface area contributed by atoms with E-state index in [9.17, 15) is 4.79 Å². The zero-order chi connectivity index (χ0) is 17.9. The first-order chi connectivity index (χ1) is 12.0. The second kappa shape index (κ2) is 9.09. The van der Waals surface area contributed by atoms with Crippen molar-refractivity contribution in [3.05, 3.63) is 29.8 Å². The molecule has 0 aromatic heterocycles. The molecule has 1 heterocycles. The van der Waals surface area contributed by atoms with E-state index in [0.717, 1.165) is 30.9 Å². The second-order valence-electron chi connectivity index (χ2n) is 8.45. The fourth-order valence-corrected chi connectivity index (χ4v) is 3.99. The summed E-state index contributed by atoms with van der Waals surface area (Å²) in [5, 5.41) is 0. The van der Waals surface area contributed by atoms with Gasteiger partial charge in [-0.1, -0.05) is 33.1 Å². The number of amides is 1. The molecule has 1 aliphatic heterocycles. The molecule has 2 aliphatic rings. The molecule has 146 valence electrons. The number of hydrogen-bond acceptors (Lipinski definition) is 3. The Kier molecular flexibility index (Phi) is 7.36. The molecule has 1 saturated carbocycles. The van der Waals surface area contributed by atoms with Crippen LogP contribution in [0.3, 0.4) is 0 Å². The molecule has 4 nitrogen and oxygen atoms in total. The number of likely N-dealkylation sites (tertiary alicyclic amines) is 1. The lowest BCUT2D eigenvalue weighted by Gasteiger charge is -2.42. The van der Waals surface area contributed by atoms with Crippen LogP contribution in [0.15, 0.2) is 24.3 Å². The van der Waals surface area contributed by atoms with E-state index in [1.165, 1.54) is 32.1 Å². The van der Waals surface area contributed by atoms with Crippen LogP contribution in [-0.2, 0) is 0 Å². The molecule has 26 heavy (non-hydrogen) atoms. The van der Waals surface area contributed by atoms with Crippen molar-refractivity contribution in [2.75, 3.05) is 19.7 Å². The first-order valence-electron chi connectivity index (χ1n) is 9.73. The van der Waals surface area contributed by atoms with E-state index in [0.29, 0.717) is 12.5 Å². The van der Waals surface area contributed by atoms with Gasteiger partial charge in [0.05, 0.1) is 6.61 Å². The molecule has 1 atom stereocenters. The highest BCUT2D eigenvalue weighted by molar-refractivity contribution is 5.94. The molecule has 0 bridgehead atoms. The Morgan fingerprint density at radius 3 is 2.42 bits per heavy atom. The number of benzene rings is 1. The van der Waals surface area contributed by atoms with Crippen molar-refractivity contribution in [3.8, 4) is 5.75 Å².